The first-order valence-corrected chi connectivity index (χ1v) is 6.59. The second-order valence-corrected chi connectivity index (χ2v) is 5.75. The molecule has 4 nitrogen and oxygen atoms in total. The molecular formula is C15H22O4. The maximum absolute atomic E-state index is 11.8. The lowest BCUT2D eigenvalue weighted by Crippen LogP contribution is -2.29. The Morgan fingerprint density at radius 2 is 2.11 bits per heavy atom. The number of rotatable bonds is 8. The van der Waals surface area contributed by atoms with E-state index in [0.29, 0.717) is 12.0 Å². The van der Waals surface area contributed by atoms with Crippen LogP contribution in [-0.4, -0.2) is 22.3 Å². The topological polar surface area (TPSA) is 67.5 Å². The molecule has 1 aromatic heterocycles. The summed E-state index contributed by atoms with van der Waals surface area (Å²) in [5.74, 6) is 0.247. The van der Waals surface area contributed by atoms with Gasteiger partial charge in [0.05, 0.1) is 17.4 Å². The summed E-state index contributed by atoms with van der Waals surface area (Å²) < 4.78 is 4.84. The third-order valence-electron chi connectivity index (χ3n) is 2.95. The Balaban J connectivity index is 2.42. The number of carbonyl (C=O) groups excluding carboxylic acids is 2. The molecular weight excluding hydrogens is 244 g/mol. The predicted molar refractivity (Wildman–Crippen MR) is 72.0 cm³/mol. The Bertz CT molecular complexity index is 415. The molecule has 1 N–H and O–H groups in total. The van der Waals surface area contributed by atoms with Crippen LogP contribution >= 0.6 is 0 Å². The van der Waals surface area contributed by atoms with Crippen LogP contribution in [0.25, 0.3) is 0 Å². The summed E-state index contributed by atoms with van der Waals surface area (Å²) in [5.41, 5.74) is -0.616. The highest BCUT2D eigenvalue weighted by molar-refractivity contribution is 5.95. The van der Waals surface area contributed by atoms with E-state index in [0.717, 1.165) is 0 Å². The van der Waals surface area contributed by atoms with E-state index in [9.17, 15) is 14.7 Å². The van der Waals surface area contributed by atoms with Gasteiger partial charge in [-0.25, -0.2) is 0 Å². The molecule has 0 amide bonds. The maximum Gasteiger partial charge on any atom is 0.166 e. The van der Waals surface area contributed by atoms with E-state index < -0.39 is 5.60 Å². The van der Waals surface area contributed by atoms with Gasteiger partial charge in [0, 0.05) is 19.3 Å². The quantitative estimate of drug-likeness (QED) is 0.734. The van der Waals surface area contributed by atoms with Crippen molar-refractivity contribution < 1.29 is 19.1 Å². The molecule has 0 saturated heterocycles. The monoisotopic (exact) mass is 266 g/mol. The fourth-order valence-corrected chi connectivity index (χ4v) is 1.99. The van der Waals surface area contributed by atoms with Gasteiger partial charge in [-0.3, -0.25) is 9.59 Å². The zero-order chi connectivity index (χ0) is 14.5. The second kappa shape index (κ2) is 6.66. The van der Waals surface area contributed by atoms with Gasteiger partial charge in [0.2, 0.25) is 0 Å². The molecule has 0 saturated carbocycles. The van der Waals surface area contributed by atoms with E-state index >= 15 is 0 Å². The van der Waals surface area contributed by atoms with E-state index in [4.69, 9.17) is 4.42 Å². The lowest BCUT2D eigenvalue weighted by Gasteiger charge is -2.22. The summed E-state index contributed by atoms with van der Waals surface area (Å²) in [6.45, 7) is 5.54. The highest BCUT2D eigenvalue weighted by Crippen LogP contribution is 2.20. The lowest BCUT2D eigenvalue weighted by molar-refractivity contribution is -0.124. The molecule has 0 radical (unpaired) electrons. The molecule has 0 aromatic carbocycles. The Labute approximate surface area is 113 Å². The molecule has 0 aliphatic rings. The van der Waals surface area contributed by atoms with Gasteiger partial charge < -0.3 is 9.52 Å². The van der Waals surface area contributed by atoms with Crippen LogP contribution in [-0.2, 0) is 4.79 Å². The molecule has 0 bridgehead atoms. The van der Waals surface area contributed by atoms with Gasteiger partial charge in [-0.2, -0.15) is 0 Å². The van der Waals surface area contributed by atoms with E-state index in [-0.39, 0.29) is 36.7 Å². The van der Waals surface area contributed by atoms with E-state index in [2.05, 4.69) is 0 Å². The zero-order valence-corrected chi connectivity index (χ0v) is 11.8. The van der Waals surface area contributed by atoms with Crippen LogP contribution in [0.4, 0.5) is 0 Å². The highest BCUT2D eigenvalue weighted by atomic mass is 16.3. The number of carbonyl (C=O) groups is 2. The lowest BCUT2D eigenvalue weighted by atomic mass is 9.89. The van der Waals surface area contributed by atoms with Crippen LogP contribution in [0.1, 0.15) is 56.8 Å². The van der Waals surface area contributed by atoms with Crippen LogP contribution in [0.5, 0.6) is 0 Å². The van der Waals surface area contributed by atoms with Crippen molar-refractivity contribution in [1.29, 1.82) is 0 Å². The predicted octanol–water partition coefficient (Wildman–Crippen LogP) is 3.00. The molecule has 1 atom stereocenters. The zero-order valence-electron chi connectivity index (χ0n) is 11.8. The van der Waals surface area contributed by atoms with Crippen molar-refractivity contribution in [2.24, 2.45) is 5.92 Å². The molecule has 0 aliphatic heterocycles. The average molecular weight is 266 g/mol. The summed E-state index contributed by atoms with van der Waals surface area (Å²) in [4.78, 5) is 23.4. The largest absolute Gasteiger partial charge is 0.472 e. The van der Waals surface area contributed by atoms with Gasteiger partial charge in [0.25, 0.3) is 0 Å². The molecule has 0 spiro atoms. The third-order valence-corrected chi connectivity index (χ3v) is 2.95. The smallest absolute Gasteiger partial charge is 0.166 e. The molecule has 0 fully saturated rings. The van der Waals surface area contributed by atoms with Gasteiger partial charge in [-0.05, 0) is 25.3 Å². The van der Waals surface area contributed by atoms with Crippen molar-refractivity contribution in [3.05, 3.63) is 24.2 Å². The van der Waals surface area contributed by atoms with Crippen molar-refractivity contribution in [3.8, 4) is 0 Å². The van der Waals surface area contributed by atoms with Crippen LogP contribution < -0.4 is 0 Å². The Kier molecular flexibility index (Phi) is 5.48. The summed E-state index contributed by atoms with van der Waals surface area (Å²) in [5, 5.41) is 10.1. The number of furan rings is 1. The standard InChI is InChI=1S/C15H22O4/c1-11(2)8-13(16)9-15(3,18)6-4-14(17)12-5-7-19-10-12/h5,7,10-11,18H,4,6,8-9H2,1-3H3/t15-/m1/s1. The van der Waals surface area contributed by atoms with Crippen molar-refractivity contribution >= 4 is 11.6 Å². The average Bonchev–Trinajstić information content (AvgIpc) is 2.77. The maximum atomic E-state index is 11.8. The van der Waals surface area contributed by atoms with Crippen molar-refractivity contribution in [2.75, 3.05) is 0 Å². The van der Waals surface area contributed by atoms with E-state index in [1.807, 2.05) is 13.8 Å². The molecule has 4 heteroatoms. The molecule has 106 valence electrons. The third kappa shape index (κ3) is 5.83. The van der Waals surface area contributed by atoms with Gasteiger partial charge >= 0.3 is 0 Å². The molecule has 1 aromatic rings. The molecule has 0 unspecified atom stereocenters. The fourth-order valence-electron chi connectivity index (χ4n) is 1.99. The van der Waals surface area contributed by atoms with Gasteiger partial charge in [-0.1, -0.05) is 13.8 Å². The minimum Gasteiger partial charge on any atom is -0.472 e. The van der Waals surface area contributed by atoms with Crippen molar-refractivity contribution in [2.45, 2.75) is 52.1 Å². The number of hydrogen-bond donors (Lipinski definition) is 1. The number of hydrogen-bond acceptors (Lipinski definition) is 4. The minimum absolute atomic E-state index is 0.0377. The normalized spacial score (nSPS) is 14.4. The Hall–Kier alpha value is -1.42. The fraction of sp³-hybridized carbons (Fsp3) is 0.600. The highest BCUT2D eigenvalue weighted by Gasteiger charge is 2.25. The summed E-state index contributed by atoms with van der Waals surface area (Å²) in [6, 6.07) is 1.60. The Morgan fingerprint density at radius 1 is 1.42 bits per heavy atom. The summed E-state index contributed by atoms with van der Waals surface area (Å²) in [7, 11) is 0. The molecule has 1 heterocycles. The number of Topliss-reactive ketones (excluding diaryl/α,β-unsaturated/α-hetero) is 2. The molecule has 0 aliphatic carbocycles. The first-order valence-electron chi connectivity index (χ1n) is 6.59. The van der Waals surface area contributed by atoms with Gasteiger partial charge in [0.1, 0.15) is 12.0 Å². The number of aliphatic hydroxyl groups is 1. The molecule has 1 rings (SSSR count). The van der Waals surface area contributed by atoms with Crippen LogP contribution in [0.15, 0.2) is 23.0 Å². The van der Waals surface area contributed by atoms with E-state index in [1.165, 1.54) is 12.5 Å². The Morgan fingerprint density at radius 3 is 2.63 bits per heavy atom. The second-order valence-electron chi connectivity index (χ2n) is 5.75. The van der Waals surface area contributed by atoms with Gasteiger partial charge in [0.15, 0.2) is 5.78 Å². The van der Waals surface area contributed by atoms with E-state index in [1.54, 1.807) is 13.0 Å². The minimum atomic E-state index is -1.12. The van der Waals surface area contributed by atoms with Crippen LogP contribution in [0, 0.1) is 5.92 Å². The summed E-state index contributed by atoms with van der Waals surface area (Å²) in [6.07, 6.45) is 3.89. The number of ketones is 2. The summed E-state index contributed by atoms with van der Waals surface area (Å²) >= 11 is 0. The van der Waals surface area contributed by atoms with Gasteiger partial charge in [-0.15, -0.1) is 0 Å². The SMILES string of the molecule is CC(C)CC(=O)C[C@](C)(O)CCC(=O)c1ccoc1. The first-order chi connectivity index (χ1) is 8.80. The molecule has 19 heavy (non-hydrogen) atoms. The van der Waals surface area contributed by atoms with Crippen LogP contribution in [0.3, 0.4) is 0 Å². The van der Waals surface area contributed by atoms with Crippen molar-refractivity contribution in [3.63, 3.8) is 0 Å². The van der Waals surface area contributed by atoms with Crippen LogP contribution in [0.2, 0.25) is 0 Å². The first kappa shape index (κ1) is 15.6. The van der Waals surface area contributed by atoms with Crippen molar-refractivity contribution in [1.82, 2.24) is 0 Å².